The van der Waals surface area contributed by atoms with Crippen LogP contribution in [0.25, 0.3) is 10.9 Å². The highest BCUT2D eigenvalue weighted by Gasteiger charge is 2.18. The maximum Gasteiger partial charge on any atom is 0.258 e. The van der Waals surface area contributed by atoms with E-state index in [1.807, 2.05) is 25.1 Å². The summed E-state index contributed by atoms with van der Waals surface area (Å²) in [5, 5.41) is 6.37. The third-order valence-corrected chi connectivity index (χ3v) is 3.87. The Morgan fingerprint density at radius 3 is 2.40 bits per heavy atom. The van der Waals surface area contributed by atoms with Crippen LogP contribution in [-0.2, 0) is 4.79 Å². The van der Waals surface area contributed by atoms with Crippen LogP contribution in [-0.4, -0.2) is 23.9 Å². The summed E-state index contributed by atoms with van der Waals surface area (Å²) in [4.78, 5) is 27.2. The molecule has 2 aromatic carbocycles. The lowest BCUT2D eigenvalue weighted by molar-refractivity contribution is -0.114. The molecule has 0 unspecified atom stereocenters. The zero-order valence-electron chi connectivity index (χ0n) is 14.3. The Bertz CT molecular complexity index is 960. The second-order valence-electron chi connectivity index (χ2n) is 5.72. The molecule has 2 amide bonds. The molecule has 0 saturated carbocycles. The second-order valence-corrected chi connectivity index (χ2v) is 5.72. The molecule has 0 atom stereocenters. The number of carbonyl (C=O) groups excluding carboxylic acids is 2. The van der Waals surface area contributed by atoms with E-state index in [0.29, 0.717) is 22.7 Å². The number of methoxy groups -OCH3 is 1. The number of aryl methyl sites for hydroxylation is 1. The van der Waals surface area contributed by atoms with E-state index < -0.39 is 0 Å². The summed E-state index contributed by atoms with van der Waals surface area (Å²) < 4.78 is 5.34. The molecule has 0 radical (unpaired) electrons. The number of nitrogens with one attached hydrogen (secondary N) is 3. The molecule has 0 spiro atoms. The molecule has 0 aliphatic heterocycles. The minimum atomic E-state index is -0.225. The molecule has 0 fully saturated rings. The zero-order valence-corrected chi connectivity index (χ0v) is 14.3. The molecule has 6 heteroatoms. The number of aromatic nitrogens is 1. The highest BCUT2D eigenvalue weighted by atomic mass is 16.5. The molecular weight excluding hydrogens is 318 g/mol. The van der Waals surface area contributed by atoms with Gasteiger partial charge in [0.25, 0.3) is 5.91 Å². The number of H-pyrrole nitrogens is 1. The number of aromatic amines is 1. The van der Waals surface area contributed by atoms with E-state index in [9.17, 15) is 9.59 Å². The summed E-state index contributed by atoms with van der Waals surface area (Å²) in [6.45, 7) is 3.29. The van der Waals surface area contributed by atoms with Crippen LogP contribution in [0.4, 0.5) is 11.4 Å². The second kappa shape index (κ2) is 6.68. The first kappa shape index (κ1) is 16.6. The summed E-state index contributed by atoms with van der Waals surface area (Å²) in [5.41, 5.74) is 3.35. The number of para-hydroxylation sites is 1. The van der Waals surface area contributed by atoms with Crippen LogP contribution in [0.5, 0.6) is 5.75 Å². The van der Waals surface area contributed by atoms with E-state index in [-0.39, 0.29) is 11.8 Å². The molecule has 25 heavy (non-hydrogen) atoms. The Hall–Kier alpha value is -3.28. The molecule has 3 N–H and O–H groups in total. The van der Waals surface area contributed by atoms with Crippen molar-refractivity contribution in [3.05, 3.63) is 53.7 Å². The number of benzene rings is 2. The summed E-state index contributed by atoms with van der Waals surface area (Å²) in [7, 11) is 1.60. The monoisotopic (exact) mass is 337 g/mol. The van der Waals surface area contributed by atoms with Gasteiger partial charge in [0, 0.05) is 29.4 Å². The van der Waals surface area contributed by atoms with Gasteiger partial charge in [-0.05, 0) is 31.2 Å². The molecule has 128 valence electrons. The largest absolute Gasteiger partial charge is 0.495 e. The number of hydrogen-bond donors (Lipinski definition) is 3. The Kier molecular flexibility index (Phi) is 4.43. The van der Waals surface area contributed by atoms with Gasteiger partial charge < -0.3 is 20.4 Å². The summed E-state index contributed by atoms with van der Waals surface area (Å²) in [6, 6.07) is 12.6. The first-order chi connectivity index (χ1) is 12.0. The third-order valence-electron chi connectivity index (χ3n) is 3.87. The van der Waals surface area contributed by atoms with Crippen molar-refractivity contribution in [1.82, 2.24) is 4.98 Å². The van der Waals surface area contributed by atoms with Crippen molar-refractivity contribution in [2.24, 2.45) is 0 Å². The van der Waals surface area contributed by atoms with Crippen molar-refractivity contribution >= 4 is 34.1 Å². The molecule has 0 aliphatic rings. The van der Waals surface area contributed by atoms with Gasteiger partial charge in [0.2, 0.25) is 5.91 Å². The molecule has 3 rings (SSSR count). The van der Waals surface area contributed by atoms with E-state index in [1.165, 1.54) is 6.92 Å². The molecule has 0 saturated heterocycles. The number of carbonyl (C=O) groups is 2. The number of rotatable bonds is 4. The number of hydrogen-bond acceptors (Lipinski definition) is 3. The van der Waals surface area contributed by atoms with Gasteiger partial charge in [0.15, 0.2) is 0 Å². The van der Waals surface area contributed by atoms with Crippen LogP contribution in [0.2, 0.25) is 0 Å². The first-order valence-electron chi connectivity index (χ1n) is 7.84. The quantitative estimate of drug-likeness (QED) is 0.679. The number of ether oxygens (including phenoxy) is 1. The number of anilines is 2. The van der Waals surface area contributed by atoms with Crippen molar-refractivity contribution in [2.75, 3.05) is 17.7 Å². The topological polar surface area (TPSA) is 83.2 Å². The van der Waals surface area contributed by atoms with E-state index in [0.717, 1.165) is 16.6 Å². The van der Waals surface area contributed by atoms with E-state index in [4.69, 9.17) is 4.74 Å². The molecule has 3 aromatic rings. The maximum absolute atomic E-state index is 12.8. The first-order valence-corrected chi connectivity index (χ1v) is 7.84. The van der Waals surface area contributed by atoms with Crippen LogP contribution in [0.3, 0.4) is 0 Å². The summed E-state index contributed by atoms with van der Waals surface area (Å²) >= 11 is 0. The Morgan fingerprint density at radius 2 is 1.72 bits per heavy atom. The van der Waals surface area contributed by atoms with Crippen molar-refractivity contribution in [1.29, 1.82) is 0 Å². The lowest BCUT2D eigenvalue weighted by Crippen LogP contribution is -2.13. The fraction of sp³-hybridized carbons (Fsp3) is 0.158. The molecule has 0 bridgehead atoms. The molecule has 0 aliphatic carbocycles. The van der Waals surface area contributed by atoms with E-state index >= 15 is 0 Å². The van der Waals surface area contributed by atoms with Crippen molar-refractivity contribution in [3.8, 4) is 5.75 Å². The summed E-state index contributed by atoms with van der Waals surface area (Å²) in [6.07, 6.45) is 0. The maximum atomic E-state index is 12.8. The molecule has 1 aromatic heterocycles. The fourth-order valence-electron chi connectivity index (χ4n) is 2.85. The zero-order chi connectivity index (χ0) is 18.0. The van der Waals surface area contributed by atoms with Gasteiger partial charge in [-0.1, -0.05) is 18.2 Å². The smallest absolute Gasteiger partial charge is 0.258 e. The third kappa shape index (κ3) is 3.33. The van der Waals surface area contributed by atoms with E-state index in [1.54, 1.807) is 31.4 Å². The predicted octanol–water partition coefficient (Wildman–Crippen LogP) is 3.70. The van der Waals surface area contributed by atoms with E-state index in [2.05, 4.69) is 15.6 Å². The highest BCUT2D eigenvalue weighted by molar-refractivity contribution is 6.14. The average molecular weight is 337 g/mol. The SMILES string of the molecule is COc1cccc2c(C(=O)Nc3cccc(NC(C)=O)c3)c(C)[nH]c12. The minimum Gasteiger partial charge on any atom is -0.495 e. The minimum absolute atomic E-state index is 0.164. The van der Waals surface area contributed by atoms with Gasteiger partial charge in [-0.2, -0.15) is 0 Å². The van der Waals surface area contributed by atoms with Gasteiger partial charge in [-0.3, -0.25) is 9.59 Å². The lowest BCUT2D eigenvalue weighted by atomic mass is 10.1. The van der Waals surface area contributed by atoms with Crippen LogP contribution >= 0.6 is 0 Å². The van der Waals surface area contributed by atoms with Crippen LogP contribution in [0, 0.1) is 6.92 Å². The molecule has 1 heterocycles. The standard InChI is InChI=1S/C19H19N3O3/c1-11-17(15-8-5-9-16(25-3)18(15)20-11)19(24)22-14-7-4-6-13(10-14)21-12(2)23/h4-10,20H,1-3H3,(H,21,23)(H,22,24). The van der Waals surface area contributed by atoms with Crippen molar-refractivity contribution < 1.29 is 14.3 Å². The van der Waals surface area contributed by atoms with Gasteiger partial charge in [0.05, 0.1) is 18.2 Å². The van der Waals surface area contributed by atoms with Gasteiger partial charge in [-0.15, -0.1) is 0 Å². The van der Waals surface area contributed by atoms with Crippen molar-refractivity contribution in [3.63, 3.8) is 0 Å². The number of fused-ring (bicyclic) bond motifs is 1. The predicted molar refractivity (Wildman–Crippen MR) is 98.3 cm³/mol. The Labute approximate surface area is 145 Å². The van der Waals surface area contributed by atoms with Crippen molar-refractivity contribution in [2.45, 2.75) is 13.8 Å². The van der Waals surface area contributed by atoms with Gasteiger partial charge in [-0.25, -0.2) is 0 Å². The Balaban J connectivity index is 1.93. The van der Waals surface area contributed by atoms with Gasteiger partial charge >= 0.3 is 0 Å². The van der Waals surface area contributed by atoms with Crippen LogP contribution in [0.1, 0.15) is 23.0 Å². The highest BCUT2D eigenvalue weighted by Crippen LogP contribution is 2.30. The fourth-order valence-corrected chi connectivity index (χ4v) is 2.85. The number of amides is 2. The molecule has 6 nitrogen and oxygen atoms in total. The Morgan fingerprint density at radius 1 is 1.04 bits per heavy atom. The van der Waals surface area contributed by atoms with Crippen LogP contribution < -0.4 is 15.4 Å². The molecular formula is C19H19N3O3. The lowest BCUT2D eigenvalue weighted by Gasteiger charge is -2.08. The summed E-state index contributed by atoms with van der Waals surface area (Å²) in [5.74, 6) is 0.298. The van der Waals surface area contributed by atoms with Crippen LogP contribution in [0.15, 0.2) is 42.5 Å². The average Bonchev–Trinajstić information content (AvgIpc) is 2.90. The normalized spacial score (nSPS) is 10.5. The van der Waals surface area contributed by atoms with Gasteiger partial charge in [0.1, 0.15) is 5.75 Å².